The van der Waals surface area contributed by atoms with Crippen LogP contribution in [0.1, 0.15) is 35.1 Å². The van der Waals surface area contributed by atoms with Crippen molar-refractivity contribution in [3.05, 3.63) is 83.0 Å². The van der Waals surface area contributed by atoms with Crippen LogP contribution in [0.2, 0.25) is 5.15 Å². The Balaban J connectivity index is 1.50. The fraction of sp³-hybridized carbons (Fsp3) is 0.190. The molecular formula is C21H14ClF3N4. The molecule has 1 aromatic carbocycles. The van der Waals surface area contributed by atoms with E-state index in [0.29, 0.717) is 10.7 Å². The van der Waals surface area contributed by atoms with E-state index >= 15 is 0 Å². The minimum Gasteiger partial charge on any atom is -0.261 e. The first-order valence-electron chi connectivity index (χ1n) is 9.04. The Labute approximate surface area is 169 Å². The van der Waals surface area contributed by atoms with Gasteiger partial charge in [-0.05, 0) is 47.7 Å². The first kappa shape index (κ1) is 18.1. The minimum atomic E-state index is -4.41. The number of hydrogen-bond donors (Lipinski definition) is 0. The smallest absolute Gasteiger partial charge is 0.261 e. The largest absolute Gasteiger partial charge is 0.417 e. The van der Waals surface area contributed by atoms with Crippen molar-refractivity contribution in [2.75, 3.05) is 0 Å². The van der Waals surface area contributed by atoms with Crippen LogP contribution >= 0.6 is 11.6 Å². The van der Waals surface area contributed by atoms with Crippen molar-refractivity contribution in [2.24, 2.45) is 0 Å². The van der Waals surface area contributed by atoms with Gasteiger partial charge in [0, 0.05) is 35.8 Å². The average molecular weight is 415 g/mol. The average Bonchev–Trinajstić information content (AvgIpc) is 3.36. The van der Waals surface area contributed by atoms with Crippen molar-refractivity contribution in [1.82, 2.24) is 19.6 Å². The zero-order valence-corrected chi connectivity index (χ0v) is 15.7. The molecule has 3 aromatic heterocycles. The van der Waals surface area contributed by atoms with Gasteiger partial charge in [0.2, 0.25) is 0 Å². The van der Waals surface area contributed by atoms with E-state index < -0.39 is 11.7 Å². The summed E-state index contributed by atoms with van der Waals surface area (Å²) in [7, 11) is 0. The van der Waals surface area contributed by atoms with E-state index in [-0.39, 0.29) is 17.4 Å². The number of nitrogens with zero attached hydrogens (tertiary/aromatic N) is 4. The van der Waals surface area contributed by atoms with Gasteiger partial charge in [0.05, 0.1) is 5.56 Å². The molecule has 1 aliphatic carbocycles. The summed E-state index contributed by atoms with van der Waals surface area (Å²) in [5.41, 5.74) is 2.49. The number of imidazole rings is 1. The van der Waals surface area contributed by atoms with Crippen LogP contribution in [0, 0.1) is 0 Å². The molecule has 0 amide bonds. The predicted octanol–water partition coefficient (Wildman–Crippen LogP) is 5.73. The molecule has 0 bridgehead atoms. The Bertz CT molecular complexity index is 1220. The van der Waals surface area contributed by atoms with Gasteiger partial charge in [-0.25, -0.2) is 9.50 Å². The van der Waals surface area contributed by atoms with Crippen molar-refractivity contribution >= 4 is 17.2 Å². The Hall–Kier alpha value is -2.93. The van der Waals surface area contributed by atoms with Crippen LogP contribution in [0.3, 0.4) is 0 Å². The summed E-state index contributed by atoms with van der Waals surface area (Å²) in [6.45, 7) is 0. The van der Waals surface area contributed by atoms with Gasteiger partial charge in [-0.15, -0.1) is 0 Å². The first-order chi connectivity index (χ1) is 13.9. The van der Waals surface area contributed by atoms with Crippen molar-refractivity contribution < 1.29 is 13.2 Å². The van der Waals surface area contributed by atoms with E-state index in [1.54, 1.807) is 47.4 Å². The highest BCUT2D eigenvalue weighted by molar-refractivity contribution is 6.29. The normalized spacial score (nSPS) is 18.9. The molecule has 4 aromatic rings. The third-order valence-electron chi connectivity index (χ3n) is 5.25. The molecule has 146 valence electrons. The Morgan fingerprint density at radius 3 is 2.66 bits per heavy atom. The maximum absolute atomic E-state index is 13.4. The fourth-order valence-electron chi connectivity index (χ4n) is 3.85. The molecule has 1 aliphatic rings. The fourth-order valence-corrected chi connectivity index (χ4v) is 4.05. The summed E-state index contributed by atoms with van der Waals surface area (Å²) in [5.74, 6) is 0.257. The number of aromatic nitrogens is 4. The molecule has 1 fully saturated rings. The lowest BCUT2D eigenvalue weighted by atomic mass is 9.98. The van der Waals surface area contributed by atoms with Crippen LogP contribution < -0.4 is 0 Å². The van der Waals surface area contributed by atoms with E-state index in [4.69, 9.17) is 11.6 Å². The van der Waals surface area contributed by atoms with Gasteiger partial charge >= 0.3 is 6.18 Å². The number of pyridine rings is 1. The van der Waals surface area contributed by atoms with Crippen molar-refractivity contribution in [3.8, 4) is 11.1 Å². The highest BCUT2D eigenvalue weighted by atomic mass is 35.5. The quantitative estimate of drug-likeness (QED) is 0.429. The lowest BCUT2D eigenvalue weighted by Gasteiger charge is -2.13. The van der Waals surface area contributed by atoms with Crippen LogP contribution in [-0.2, 0) is 6.18 Å². The Morgan fingerprint density at radius 2 is 1.83 bits per heavy atom. The minimum absolute atomic E-state index is 0.104. The molecule has 0 saturated heterocycles. The summed E-state index contributed by atoms with van der Waals surface area (Å²) < 4.78 is 41.8. The molecule has 1 saturated carbocycles. The number of rotatable bonds is 3. The Morgan fingerprint density at radius 1 is 1.00 bits per heavy atom. The zero-order valence-electron chi connectivity index (χ0n) is 14.9. The van der Waals surface area contributed by atoms with Crippen molar-refractivity contribution in [3.63, 3.8) is 0 Å². The van der Waals surface area contributed by atoms with E-state index in [2.05, 4.69) is 15.1 Å². The highest BCUT2D eigenvalue weighted by Gasteiger charge is 2.42. The van der Waals surface area contributed by atoms with E-state index in [1.807, 2.05) is 0 Å². The van der Waals surface area contributed by atoms with Gasteiger partial charge in [-0.3, -0.25) is 4.98 Å². The molecule has 4 nitrogen and oxygen atoms in total. The summed E-state index contributed by atoms with van der Waals surface area (Å²) >= 11 is 6.13. The van der Waals surface area contributed by atoms with E-state index in [9.17, 15) is 13.2 Å². The lowest BCUT2D eigenvalue weighted by molar-refractivity contribution is -0.137. The van der Waals surface area contributed by atoms with Crippen LogP contribution in [0.5, 0.6) is 0 Å². The molecule has 3 heterocycles. The molecule has 0 unspecified atom stereocenters. The zero-order chi connectivity index (χ0) is 20.2. The van der Waals surface area contributed by atoms with Crippen LogP contribution in [0.4, 0.5) is 13.2 Å². The standard InChI is InChI=1S/C21H14ClF3N4/c22-19-11-16(20-27-7-8-29(20)28-19)14-10-15(14)18-9-12(5-6-26-18)13-3-1-2-4-17(13)21(23,24)25/h1-9,11,14-15H,10H2/t14-,15-/m0/s1. The summed E-state index contributed by atoms with van der Waals surface area (Å²) in [5, 5.41) is 4.56. The summed E-state index contributed by atoms with van der Waals surface area (Å²) in [4.78, 5) is 8.78. The SMILES string of the molecule is FC(F)(F)c1ccccc1-c1ccnc([C@H]2C[C@@H]2c2cc(Cl)nn3ccnc23)c1. The second-order valence-electron chi connectivity index (χ2n) is 7.08. The number of halogens is 4. The van der Waals surface area contributed by atoms with Gasteiger partial charge in [0.25, 0.3) is 0 Å². The maximum atomic E-state index is 13.4. The van der Waals surface area contributed by atoms with Gasteiger partial charge in [-0.1, -0.05) is 29.8 Å². The van der Waals surface area contributed by atoms with Gasteiger partial charge in [0.1, 0.15) is 5.15 Å². The highest BCUT2D eigenvalue weighted by Crippen LogP contribution is 2.55. The lowest BCUT2D eigenvalue weighted by Crippen LogP contribution is -2.07. The second-order valence-corrected chi connectivity index (χ2v) is 7.47. The molecule has 2 atom stereocenters. The van der Waals surface area contributed by atoms with Crippen LogP contribution in [0.25, 0.3) is 16.8 Å². The molecule has 0 radical (unpaired) electrons. The van der Waals surface area contributed by atoms with E-state index in [1.165, 1.54) is 12.1 Å². The molecule has 8 heteroatoms. The first-order valence-corrected chi connectivity index (χ1v) is 9.42. The van der Waals surface area contributed by atoms with Crippen molar-refractivity contribution in [2.45, 2.75) is 24.4 Å². The predicted molar refractivity (Wildman–Crippen MR) is 103 cm³/mol. The van der Waals surface area contributed by atoms with Gasteiger partial charge in [0.15, 0.2) is 5.65 Å². The van der Waals surface area contributed by atoms with E-state index in [0.717, 1.165) is 29.4 Å². The number of benzene rings is 1. The molecule has 5 rings (SSSR count). The topological polar surface area (TPSA) is 43.1 Å². The second kappa shape index (κ2) is 6.56. The van der Waals surface area contributed by atoms with Gasteiger partial charge in [-0.2, -0.15) is 18.3 Å². The number of fused-ring (bicyclic) bond motifs is 1. The van der Waals surface area contributed by atoms with Crippen LogP contribution in [0.15, 0.2) is 61.1 Å². The van der Waals surface area contributed by atoms with Crippen molar-refractivity contribution in [1.29, 1.82) is 0 Å². The number of hydrogen-bond acceptors (Lipinski definition) is 3. The maximum Gasteiger partial charge on any atom is 0.417 e. The third kappa shape index (κ3) is 3.25. The molecule has 0 spiro atoms. The van der Waals surface area contributed by atoms with Gasteiger partial charge < -0.3 is 0 Å². The molecule has 29 heavy (non-hydrogen) atoms. The Kier molecular flexibility index (Phi) is 4.10. The summed E-state index contributed by atoms with van der Waals surface area (Å²) in [6.07, 6.45) is 1.38. The van der Waals surface area contributed by atoms with Crippen LogP contribution in [-0.4, -0.2) is 19.6 Å². The third-order valence-corrected chi connectivity index (χ3v) is 5.44. The molecule has 0 aliphatic heterocycles. The molecular weight excluding hydrogens is 401 g/mol. The summed E-state index contributed by atoms with van der Waals surface area (Å²) in [6, 6.07) is 10.8. The molecule has 0 N–H and O–H groups in total. The number of alkyl halides is 3. The monoisotopic (exact) mass is 414 g/mol.